The number of hydrogen-bond acceptors (Lipinski definition) is 7. The number of hydrogen-bond donors (Lipinski definition) is 0. The lowest BCUT2D eigenvalue weighted by atomic mass is 9.40. The topological polar surface area (TPSA) is 88.1 Å². The number of carbonyl (C=O) groups is 3. The third-order valence-electron chi connectivity index (χ3n) is 15.8. The van der Waals surface area contributed by atoms with E-state index in [0.717, 1.165) is 31.3 Å². The molecule has 294 valence electrons. The van der Waals surface area contributed by atoms with Crippen LogP contribution in [0.4, 0.5) is 0 Å². The van der Waals surface area contributed by atoms with E-state index in [9.17, 15) is 14.4 Å². The number of ether oxygens (including phenoxy) is 3. The van der Waals surface area contributed by atoms with E-state index in [1.165, 1.54) is 32.6 Å². The quantitative estimate of drug-likeness (QED) is 0.106. The van der Waals surface area contributed by atoms with Crippen LogP contribution in [0.25, 0.3) is 0 Å². The first-order chi connectivity index (χ1) is 23.8. The smallest absolute Gasteiger partial charge is 0.333 e. The number of rotatable bonds is 8. The van der Waals surface area contributed by atoms with Gasteiger partial charge in [-0.25, -0.2) is 4.79 Å². The van der Waals surface area contributed by atoms with Crippen molar-refractivity contribution in [3.63, 3.8) is 0 Å². The van der Waals surface area contributed by atoms with Crippen LogP contribution in [0.2, 0.25) is 16.6 Å². The number of methoxy groups -OCH3 is 2. The third kappa shape index (κ3) is 5.84. The summed E-state index contributed by atoms with van der Waals surface area (Å²) in [5, 5.41) is 0. The Hall–Kier alpha value is -1.93. The number of carbonyl (C=O) groups excluding carboxylic acids is 3. The predicted molar refractivity (Wildman–Crippen MR) is 209 cm³/mol. The Bertz CT molecular complexity index is 1480. The Kier molecular flexibility index (Phi) is 10.6. The molecule has 52 heavy (non-hydrogen) atoms. The summed E-state index contributed by atoms with van der Waals surface area (Å²) in [6.07, 6.45) is 11.6. The van der Waals surface area contributed by atoms with Crippen LogP contribution < -0.4 is 0 Å². The molecular formula is C44H72O7Si. The molecule has 4 fully saturated rings. The lowest BCUT2D eigenvalue weighted by Crippen LogP contribution is -2.76. The number of allylic oxidation sites excluding steroid dienone is 1. The van der Waals surface area contributed by atoms with Crippen LogP contribution in [-0.2, 0) is 33.0 Å². The number of esters is 3. The highest BCUT2D eigenvalue weighted by Gasteiger charge is 2.77. The molecule has 8 rings (SSSR count). The zero-order valence-electron chi connectivity index (χ0n) is 35.6. The van der Waals surface area contributed by atoms with Crippen LogP contribution in [0.5, 0.6) is 0 Å². The summed E-state index contributed by atoms with van der Waals surface area (Å²) >= 11 is 0. The first kappa shape index (κ1) is 41.2. The van der Waals surface area contributed by atoms with Gasteiger partial charge >= 0.3 is 17.9 Å². The highest BCUT2D eigenvalue weighted by Crippen LogP contribution is 2.74. The van der Waals surface area contributed by atoms with Gasteiger partial charge in [0.1, 0.15) is 5.60 Å². The average molecular weight is 741 g/mol. The molecule has 4 bridgehead atoms. The molecule has 9 atom stereocenters. The van der Waals surface area contributed by atoms with Crippen molar-refractivity contribution in [2.75, 3.05) is 14.2 Å². The van der Waals surface area contributed by atoms with Gasteiger partial charge in [-0.2, -0.15) is 0 Å². The molecule has 0 heterocycles. The molecule has 4 saturated carbocycles. The molecule has 8 aliphatic carbocycles. The molecule has 0 amide bonds. The van der Waals surface area contributed by atoms with E-state index in [-0.39, 0.29) is 57.5 Å². The second-order valence-corrected chi connectivity index (χ2v) is 26.2. The van der Waals surface area contributed by atoms with Gasteiger partial charge in [-0.15, -0.1) is 0 Å². The molecule has 9 unspecified atom stereocenters. The van der Waals surface area contributed by atoms with Crippen LogP contribution in [0.3, 0.4) is 0 Å². The second-order valence-electron chi connectivity index (χ2n) is 20.8. The minimum atomic E-state index is -2.34. The van der Waals surface area contributed by atoms with Gasteiger partial charge in [0.25, 0.3) is 0 Å². The van der Waals surface area contributed by atoms with Crippen LogP contribution in [0, 0.1) is 51.2 Å². The lowest BCUT2D eigenvalue weighted by Gasteiger charge is -2.70. The zero-order valence-corrected chi connectivity index (χ0v) is 36.6. The fourth-order valence-electron chi connectivity index (χ4n) is 13.6. The summed E-state index contributed by atoms with van der Waals surface area (Å²) in [4.78, 5) is 37.8. The standard InChI is InChI=1S/C27H46O5Si.C17H26O2/c1-16(2)33(17(3)4,18(5)6)32-27-19-12-20(23(28)30-10)21(14-25(7,8)13-19)26(27,9)15-22(27)24(29)31-11;1-11-8-13-9-15(3,4)10-14(11)16(5)6-7-17(13,16)19-12(2)18/h12,16-19,21-22H,13-15H2,1-11H3;8,13-14H,6-7,9-10H2,1-5H3. The molecule has 0 aliphatic heterocycles. The molecule has 0 aromatic carbocycles. The summed E-state index contributed by atoms with van der Waals surface area (Å²) in [5.74, 6) is 0.112. The van der Waals surface area contributed by atoms with E-state index in [0.29, 0.717) is 40.3 Å². The van der Waals surface area contributed by atoms with Gasteiger partial charge in [0, 0.05) is 35.2 Å². The Morgan fingerprint density at radius 3 is 1.71 bits per heavy atom. The van der Waals surface area contributed by atoms with Crippen molar-refractivity contribution in [3.05, 3.63) is 23.3 Å². The van der Waals surface area contributed by atoms with Gasteiger partial charge in [0.15, 0.2) is 0 Å². The fraction of sp³-hybridized carbons (Fsp3) is 0.841. The summed E-state index contributed by atoms with van der Waals surface area (Å²) in [7, 11) is 0.606. The van der Waals surface area contributed by atoms with E-state index in [2.05, 4.69) is 102 Å². The molecule has 8 aliphatic rings. The van der Waals surface area contributed by atoms with Crippen molar-refractivity contribution in [1.82, 2.24) is 0 Å². The molecule has 0 radical (unpaired) electrons. The van der Waals surface area contributed by atoms with Crippen molar-refractivity contribution in [1.29, 1.82) is 0 Å². The number of fused-ring (bicyclic) bond motifs is 4. The monoisotopic (exact) mass is 741 g/mol. The summed E-state index contributed by atoms with van der Waals surface area (Å²) in [6, 6.07) is 0. The van der Waals surface area contributed by atoms with E-state index in [4.69, 9.17) is 18.6 Å². The predicted octanol–water partition coefficient (Wildman–Crippen LogP) is 10.4. The molecule has 0 spiro atoms. The Morgan fingerprint density at radius 2 is 1.25 bits per heavy atom. The second kappa shape index (κ2) is 13.4. The zero-order chi connectivity index (χ0) is 39.2. The van der Waals surface area contributed by atoms with Gasteiger partial charge in [0.2, 0.25) is 8.32 Å². The van der Waals surface area contributed by atoms with E-state index in [1.807, 2.05) is 0 Å². The largest absolute Gasteiger partial charge is 0.469 e. The lowest BCUT2D eigenvalue weighted by molar-refractivity contribution is -0.246. The first-order valence-electron chi connectivity index (χ1n) is 20.3. The van der Waals surface area contributed by atoms with E-state index >= 15 is 0 Å². The highest BCUT2D eigenvalue weighted by atomic mass is 28.4. The fourth-order valence-corrected chi connectivity index (χ4v) is 19.4. The molecule has 8 heteroatoms. The average Bonchev–Trinajstić information content (AvgIpc) is 3.29. The molecule has 0 saturated heterocycles. The maximum Gasteiger partial charge on any atom is 0.333 e. The molecule has 0 N–H and O–H groups in total. The van der Waals surface area contributed by atoms with E-state index < -0.39 is 13.9 Å². The van der Waals surface area contributed by atoms with Crippen molar-refractivity contribution < 1.29 is 33.0 Å². The molecular weight excluding hydrogens is 669 g/mol. The van der Waals surface area contributed by atoms with Crippen LogP contribution in [0.15, 0.2) is 23.3 Å². The van der Waals surface area contributed by atoms with Crippen molar-refractivity contribution in [2.45, 2.75) is 170 Å². The molecule has 0 aromatic heterocycles. The summed E-state index contributed by atoms with van der Waals surface area (Å²) < 4.78 is 24.2. The summed E-state index contributed by atoms with van der Waals surface area (Å²) in [6.45, 7) is 31.5. The van der Waals surface area contributed by atoms with Gasteiger partial charge in [-0.1, -0.05) is 101 Å². The van der Waals surface area contributed by atoms with Gasteiger partial charge in [0.05, 0.1) is 25.7 Å². The molecule has 7 nitrogen and oxygen atoms in total. The summed E-state index contributed by atoms with van der Waals surface area (Å²) in [5.41, 5.74) is 2.85. The van der Waals surface area contributed by atoms with E-state index in [1.54, 1.807) is 6.92 Å². The minimum Gasteiger partial charge on any atom is -0.469 e. The maximum atomic E-state index is 13.2. The maximum absolute atomic E-state index is 13.2. The van der Waals surface area contributed by atoms with Gasteiger partial charge in [-0.3, -0.25) is 9.59 Å². The van der Waals surface area contributed by atoms with Crippen LogP contribution in [0.1, 0.15) is 142 Å². The third-order valence-corrected chi connectivity index (χ3v) is 21.9. The normalized spacial score (nSPS) is 39.3. The minimum absolute atomic E-state index is 0.00204. The Balaban J connectivity index is 0.000000231. The van der Waals surface area contributed by atoms with Crippen LogP contribution in [-0.4, -0.2) is 51.6 Å². The SMILES string of the molecule is CC(=O)OC12CCC1(C)C1CC(C)(C)CC2C=C1C.COC(=O)C1=CC2CC(C)(C)CC1C1(C)CC(C(=O)OC)C21O[Si](C(C)C)(C(C)C)C(C)C. The van der Waals surface area contributed by atoms with Gasteiger partial charge in [-0.05, 0) is 91.2 Å². The van der Waals surface area contributed by atoms with Gasteiger partial charge < -0.3 is 18.6 Å². The first-order valence-corrected chi connectivity index (χ1v) is 22.4. The molecule has 0 aromatic rings. The van der Waals surface area contributed by atoms with Crippen molar-refractivity contribution in [2.24, 2.45) is 51.2 Å². The Labute approximate surface area is 316 Å². The Morgan fingerprint density at radius 1 is 0.712 bits per heavy atom. The van der Waals surface area contributed by atoms with Crippen LogP contribution >= 0.6 is 0 Å². The highest BCUT2D eigenvalue weighted by molar-refractivity contribution is 6.77. The van der Waals surface area contributed by atoms with Crippen molar-refractivity contribution in [3.8, 4) is 0 Å². The van der Waals surface area contributed by atoms with Crippen molar-refractivity contribution >= 4 is 26.2 Å².